The summed E-state index contributed by atoms with van der Waals surface area (Å²) in [5, 5.41) is 11.2. The van der Waals surface area contributed by atoms with E-state index in [-0.39, 0.29) is 27.6 Å². The van der Waals surface area contributed by atoms with Gasteiger partial charge < -0.3 is 0 Å². The summed E-state index contributed by atoms with van der Waals surface area (Å²) >= 11 is 1.18. The van der Waals surface area contributed by atoms with E-state index >= 15 is 0 Å². The molecule has 7 nitrogen and oxygen atoms in total. The maximum atomic E-state index is 14.0. The third kappa shape index (κ3) is 4.59. The summed E-state index contributed by atoms with van der Waals surface area (Å²) in [6.07, 6.45) is 0. The van der Waals surface area contributed by atoms with E-state index in [1.54, 1.807) is 6.92 Å². The molecule has 0 radical (unpaired) electrons. The zero-order valence-corrected chi connectivity index (χ0v) is 15.9. The Bertz CT molecular complexity index is 888. The van der Waals surface area contributed by atoms with Crippen LogP contribution < -0.4 is 10.0 Å². The van der Waals surface area contributed by atoms with Gasteiger partial charge >= 0.3 is 0 Å². The highest BCUT2D eigenvalue weighted by molar-refractivity contribution is 7.89. The van der Waals surface area contributed by atoms with Crippen molar-refractivity contribution in [3.05, 3.63) is 34.6 Å². The standard InChI is InChI=1S/C15H19FN4O3S2/c1-5-17-25(22,23)9-6-7-11(16)10(8-9)12(21)18-14-20-19-13(24-14)15(2,3)4/h6-8,17H,5H2,1-4H3,(H,18,20,21). The van der Waals surface area contributed by atoms with Gasteiger partial charge in [0.05, 0.1) is 10.5 Å². The molecule has 136 valence electrons. The van der Waals surface area contributed by atoms with Gasteiger partial charge in [0.2, 0.25) is 15.2 Å². The van der Waals surface area contributed by atoms with E-state index in [2.05, 4.69) is 20.2 Å². The molecule has 0 saturated carbocycles. The number of nitrogens with one attached hydrogen (secondary N) is 2. The number of halogens is 1. The number of nitrogens with zero attached hydrogens (tertiary/aromatic N) is 2. The minimum absolute atomic E-state index is 0.182. The number of sulfonamides is 1. The molecule has 2 rings (SSSR count). The fraction of sp³-hybridized carbons (Fsp3) is 0.400. The molecule has 0 bridgehead atoms. The van der Waals surface area contributed by atoms with Gasteiger partial charge in [-0.1, -0.05) is 39.0 Å². The molecule has 1 amide bonds. The molecule has 10 heteroatoms. The van der Waals surface area contributed by atoms with Gasteiger partial charge in [-0.25, -0.2) is 17.5 Å². The third-order valence-electron chi connectivity index (χ3n) is 3.11. The molecule has 2 N–H and O–H groups in total. The number of benzene rings is 1. The van der Waals surface area contributed by atoms with E-state index in [0.29, 0.717) is 5.01 Å². The highest BCUT2D eigenvalue weighted by Crippen LogP contribution is 2.28. The molecule has 1 heterocycles. The zero-order valence-electron chi connectivity index (χ0n) is 14.3. The second-order valence-electron chi connectivity index (χ2n) is 6.26. The van der Waals surface area contributed by atoms with Crippen molar-refractivity contribution < 1.29 is 17.6 Å². The molecule has 0 aliphatic carbocycles. The molecule has 0 atom stereocenters. The average molecular weight is 386 g/mol. The lowest BCUT2D eigenvalue weighted by Crippen LogP contribution is -2.24. The van der Waals surface area contributed by atoms with Crippen molar-refractivity contribution in [2.24, 2.45) is 0 Å². The fourth-order valence-corrected chi connectivity index (χ4v) is 3.72. The molecule has 0 aliphatic rings. The van der Waals surface area contributed by atoms with E-state index in [1.165, 1.54) is 11.3 Å². The summed E-state index contributed by atoms with van der Waals surface area (Å²) in [6.45, 7) is 7.66. The zero-order chi connectivity index (χ0) is 18.8. The Morgan fingerprint density at radius 2 is 1.96 bits per heavy atom. The predicted octanol–water partition coefficient (Wildman–Crippen LogP) is 2.53. The van der Waals surface area contributed by atoms with Gasteiger partial charge in [-0.2, -0.15) is 0 Å². The van der Waals surface area contributed by atoms with Crippen LogP contribution in [0, 0.1) is 5.82 Å². The van der Waals surface area contributed by atoms with Gasteiger partial charge in [-0.15, -0.1) is 10.2 Å². The Morgan fingerprint density at radius 1 is 1.28 bits per heavy atom. The smallest absolute Gasteiger partial charge is 0.260 e. The van der Waals surface area contributed by atoms with Crippen molar-refractivity contribution in [1.29, 1.82) is 0 Å². The lowest BCUT2D eigenvalue weighted by molar-refractivity contribution is 0.102. The second kappa shape index (κ2) is 7.14. The number of anilines is 1. The number of hydrogen-bond acceptors (Lipinski definition) is 6. The molecule has 25 heavy (non-hydrogen) atoms. The highest BCUT2D eigenvalue weighted by Gasteiger charge is 2.22. The average Bonchev–Trinajstić information content (AvgIpc) is 2.96. The molecule has 0 fully saturated rings. The van der Waals surface area contributed by atoms with E-state index in [1.807, 2.05) is 20.8 Å². The van der Waals surface area contributed by atoms with Crippen LogP contribution >= 0.6 is 11.3 Å². The quantitative estimate of drug-likeness (QED) is 0.822. The molecular weight excluding hydrogens is 367 g/mol. The van der Waals surface area contributed by atoms with Crippen molar-refractivity contribution >= 4 is 32.4 Å². The number of amides is 1. The van der Waals surface area contributed by atoms with Gasteiger partial charge in [0.15, 0.2) is 0 Å². The van der Waals surface area contributed by atoms with Crippen LogP contribution in [0.5, 0.6) is 0 Å². The molecule has 1 aromatic carbocycles. The lowest BCUT2D eigenvalue weighted by atomic mass is 9.98. The first kappa shape index (κ1) is 19.4. The molecule has 0 saturated heterocycles. The van der Waals surface area contributed by atoms with Crippen molar-refractivity contribution in [2.45, 2.75) is 38.0 Å². The molecule has 2 aromatic rings. The maximum absolute atomic E-state index is 14.0. The van der Waals surface area contributed by atoms with Crippen molar-refractivity contribution in [3.63, 3.8) is 0 Å². The summed E-state index contributed by atoms with van der Waals surface area (Å²) in [7, 11) is -3.79. The van der Waals surface area contributed by atoms with Gasteiger partial charge in [0, 0.05) is 12.0 Å². The number of rotatable bonds is 5. The van der Waals surface area contributed by atoms with Crippen LogP contribution in [0.4, 0.5) is 9.52 Å². The minimum Gasteiger partial charge on any atom is -0.296 e. The minimum atomic E-state index is -3.79. The first-order valence-electron chi connectivity index (χ1n) is 7.49. The van der Waals surface area contributed by atoms with Crippen LogP contribution in [0.15, 0.2) is 23.1 Å². The Morgan fingerprint density at radius 3 is 2.52 bits per heavy atom. The monoisotopic (exact) mass is 386 g/mol. The van der Waals surface area contributed by atoms with Crippen LogP contribution in [-0.4, -0.2) is 31.1 Å². The van der Waals surface area contributed by atoms with E-state index in [4.69, 9.17) is 0 Å². The molecular formula is C15H19FN4O3S2. The second-order valence-corrected chi connectivity index (χ2v) is 9.00. The van der Waals surface area contributed by atoms with Crippen molar-refractivity contribution in [3.8, 4) is 0 Å². The van der Waals surface area contributed by atoms with Crippen LogP contribution in [0.2, 0.25) is 0 Å². The van der Waals surface area contributed by atoms with Crippen molar-refractivity contribution in [2.75, 3.05) is 11.9 Å². The SMILES string of the molecule is CCNS(=O)(=O)c1ccc(F)c(C(=O)Nc2nnc(C(C)(C)C)s2)c1. The van der Waals surface area contributed by atoms with Gasteiger partial charge in [-0.3, -0.25) is 10.1 Å². The Labute approximate surface area is 149 Å². The summed E-state index contributed by atoms with van der Waals surface area (Å²) in [5.74, 6) is -1.61. The molecule has 0 aliphatic heterocycles. The van der Waals surface area contributed by atoms with E-state index in [0.717, 1.165) is 18.2 Å². The topological polar surface area (TPSA) is 101 Å². The Kier molecular flexibility index (Phi) is 5.55. The largest absolute Gasteiger partial charge is 0.296 e. The van der Waals surface area contributed by atoms with E-state index < -0.39 is 21.7 Å². The van der Waals surface area contributed by atoms with Gasteiger partial charge in [0.25, 0.3) is 5.91 Å². The van der Waals surface area contributed by atoms with E-state index in [9.17, 15) is 17.6 Å². The fourth-order valence-electron chi connectivity index (χ4n) is 1.86. The third-order valence-corrected chi connectivity index (χ3v) is 5.92. The summed E-state index contributed by atoms with van der Waals surface area (Å²) in [4.78, 5) is 12.1. The number of carbonyl (C=O) groups excluding carboxylic acids is 1. The number of carbonyl (C=O) groups is 1. The Balaban J connectivity index is 2.29. The molecule has 0 spiro atoms. The first-order valence-corrected chi connectivity index (χ1v) is 9.79. The predicted molar refractivity (Wildman–Crippen MR) is 93.8 cm³/mol. The van der Waals surface area contributed by atoms with Crippen LogP contribution in [0.3, 0.4) is 0 Å². The summed E-state index contributed by atoms with van der Waals surface area (Å²) < 4.78 is 40.3. The molecule has 0 unspecified atom stereocenters. The van der Waals surface area contributed by atoms with Crippen LogP contribution in [-0.2, 0) is 15.4 Å². The van der Waals surface area contributed by atoms with Crippen LogP contribution in [0.25, 0.3) is 0 Å². The first-order chi connectivity index (χ1) is 11.5. The highest BCUT2D eigenvalue weighted by atomic mass is 32.2. The summed E-state index contributed by atoms with van der Waals surface area (Å²) in [5.41, 5.74) is -0.613. The van der Waals surface area contributed by atoms with Gasteiger partial charge in [0.1, 0.15) is 10.8 Å². The van der Waals surface area contributed by atoms with Crippen molar-refractivity contribution in [1.82, 2.24) is 14.9 Å². The number of hydrogen-bond donors (Lipinski definition) is 2. The lowest BCUT2D eigenvalue weighted by Gasteiger charge is -2.12. The van der Waals surface area contributed by atoms with Crippen LogP contribution in [0.1, 0.15) is 43.1 Å². The maximum Gasteiger partial charge on any atom is 0.260 e. The van der Waals surface area contributed by atoms with Gasteiger partial charge in [-0.05, 0) is 18.2 Å². The number of aromatic nitrogens is 2. The summed E-state index contributed by atoms with van der Waals surface area (Å²) in [6, 6.07) is 3.04. The molecule has 1 aromatic heterocycles. The Hall–Kier alpha value is -1.91. The normalized spacial score (nSPS) is 12.2.